The van der Waals surface area contributed by atoms with E-state index in [1.54, 1.807) is 0 Å². The van der Waals surface area contributed by atoms with Crippen LogP contribution >= 0.6 is 35.1 Å². The number of hydrogen-bond donors (Lipinski definition) is 10. The van der Waals surface area contributed by atoms with E-state index in [4.69, 9.17) is 35.6 Å². The van der Waals surface area contributed by atoms with Crippen molar-refractivity contribution < 1.29 is 67.0 Å². The van der Waals surface area contributed by atoms with Crippen LogP contribution in [0.2, 0.25) is 0 Å². The van der Waals surface area contributed by atoms with Gasteiger partial charge in [-0.25, -0.2) is 28.6 Å². The number of fused-ring (bicyclic) bond motifs is 1. The quantitative estimate of drug-likeness (QED) is 0.0767. The number of nitrogen functional groups attached to an aromatic ring is 1. The zero-order chi connectivity index (χ0) is 30.0. The molecule has 1 aliphatic heterocycles. The van der Waals surface area contributed by atoms with Gasteiger partial charge in [0.1, 0.15) is 42.3 Å². The van der Waals surface area contributed by atoms with Crippen LogP contribution in [0.3, 0.4) is 0 Å². The molecular weight excluding hydrogens is 627 g/mol. The fourth-order valence-corrected chi connectivity index (χ4v) is 8.29. The molecule has 0 bridgehead atoms. The summed E-state index contributed by atoms with van der Waals surface area (Å²) in [5, 5.41) is 30.4. The molecule has 1 saturated heterocycles. The van der Waals surface area contributed by atoms with Crippen molar-refractivity contribution in [1.82, 2.24) is 24.4 Å². The number of aliphatic hydroxyl groups is 2. The predicted molar refractivity (Wildman–Crippen MR) is 134 cm³/mol. The first-order valence-electron chi connectivity index (χ1n) is 10.8. The highest BCUT2D eigenvalue weighted by atomic mass is 32.2. The number of nitrogens with two attached hydrogens (primary N) is 2. The first kappa shape index (κ1) is 32.9. The molecule has 0 amide bonds. The van der Waals surface area contributed by atoms with Crippen molar-refractivity contribution in [2.75, 3.05) is 17.2 Å². The molecule has 3 heterocycles. The van der Waals surface area contributed by atoms with Crippen LogP contribution in [-0.2, 0) is 32.1 Å². The van der Waals surface area contributed by atoms with Crippen molar-refractivity contribution in [2.24, 2.45) is 5.73 Å². The number of phosphoric ester groups is 1. The van der Waals surface area contributed by atoms with Crippen LogP contribution < -0.4 is 16.3 Å². The number of nitrogens with one attached hydrogen (secondary N) is 1. The molecule has 0 aliphatic carbocycles. The Kier molecular flexibility index (Phi) is 10.5. The lowest BCUT2D eigenvalue weighted by Crippen LogP contribution is -2.41. The molecule has 2 aromatic heterocycles. The number of carboxylic acids is 1. The van der Waals surface area contributed by atoms with Gasteiger partial charge in [-0.15, -0.1) is 4.86 Å². The summed E-state index contributed by atoms with van der Waals surface area (Å²) in [6, 6.07) is -1.23. The Morgan fingerprint density at radius 2 is 1.85 bits per heavy atom. The lowest BCUT2D eigenvalue weighted by Gasteiger charge is -2.27. The SMILES string of the molecule is Nc1ncnc2c1ncn2[C@@H]1O[C@H]([C@H](CSCC[C@H](N)C(=O)O)OP(=O)(O)OP(=O)(O)NP(=O)(O)O)[C@@H](O)[C@H]1O. The number of rotatable bonds is 14. The molecule has 2 aromatic rings. The van der Waals surface area contributed by atoms with Gasteiger partial charge in [0.15, 0.2) is 17.7 Å². The Bertz CT molecular complexity index is 1360. The van der Waals surface area contributed by atoms with Crippen LogP contribution in [-0.4, -0.2) is 102 Å². The average Bonchev–Trinajstić information content (AvgIpc) is 3.35. The number of aromatic nitrogens is 4. The van der Waals surface area contributed by atoms with E-state index in [-0.39, 0.29) is 34.9 Å². The third-order valence-electron chi connectivity index (χ3n) is 5.21. The van der Waals surface area contributed by atoms with E-state index in [0.717, 1.165) is 22.9 Å². The number of hydrogen-bond acceptors (Lipinski definition) is 15. The molecule has 0 radical (unpaired) electrons. The summed E-state index contributed by atoms with van der Waals surface area (Å²) in [4.78, 5) is 60.9. The van der Waals surface area contributed by atoms with Gasteiger partial charge in [0.25, 0.3) is 0 Å². The van der Waals surface area contributed by atoms with E-state index in [9.17, 15) is 38.5 Å². The van der Waals surface area contributed by atoms with Crippen LogP contribution in [0.15, 0.2) is 12.7 Å². The molecule has 226 valence electrons. The Hall–Kier alpha value is -1.58. The summed E-state index contributed by atoms with van der Waals surface area (Å²) in [5.74, 6) is -1.58. The van der Waals surface area contributed by atoms with Crippen molar-refractivity contribution in [3.8, 4) is 0 Å². The van der Waals surface area contributed by atoms with Gasteiger partial charge >= 0.3 is 29.3 Å². The van der Waals surface area contributed by atoms with Gasteiger partial charge in [0.2, 0.25) is 0 Å². The number of anilines is 1. The fraction of sp³-hybridized carbons (Fsp3) is 0.600. The number of ether oxygens (including phenoxy) is 1. The lowest BCUT2D eigenvalue weighted by atomic mass is 10.1. The molecule has 0 saturated carbocycles. The summed E-state index contributed by atoms with van der Waals surface area (Å²) >= 11 is 0.912. The summed E-state index contributed by atoms with van der Waals surface area (Å²) in [6.45, 7) is 0. The van der Waals surface area contributed by atoms with Gasteiger partial charge in [-0.1, -0.05) is 0 Å². The maximum absolute atomic E-state index is 12.6. The molecule has 25 heteroatoms. The number of aliphatic hydroxyl groups excluding tert-OH is 2. The Labute approximate surface area is 228 Å². The molecule has 21 nitrogen and oxygen atoms in total. The lowest BCUT2D eigenvalue weighted by molar-refractivity contribution is -0.138. The fourth-order valence-electron chi connectivity index (χ4n) is 3.51. The summed E-state index contributed by atoms with van der Waals surface area (Å²) < 4.78 is 51.4. The zero-order valence-corrected chi connectivity index (χ0v) is 23.4. The number of thioether (sulfide) groups is 1. The van der Waals surface area contributed by atoms with E-state index in [1.807, 2.05) is 0 Å². The number of nitrogens with zero attached hydrogens (tertiary/aromatic N) is 4. The highest BCUT2D eigenvalue weighted by Crippen LogP contribution is 2.62. The van der Waals surface area contributed by atoms with Gasteiger partial charge in [-0.2, -0.15) is 16.1 Å². The smallest absolute Gasteiger partial charge is 0.480 e. The molecule has 3 rings (SSSR count). The minimum absolute atomic E-state index is 0.00114. The monoisotopic (exact) mass is 653 g/mol. The van der Waals surface area contributed by atoms with Crippen molar-refractivity contribution in [2.45, 2.75) is 43.1 Å². The standard InChI is InChI=1S/C15H26N7O14P3S/c16-6(15(25)26)1-2-40-3-7(35-39(32,33)36-38(30,31)21-37(27,28)29)11-9(23)10(24)14(34-11)22-5-20-8-12(17)18-4-19-13(8)22/h4-7,9-11,14,23-24H,1-3,16H2,(H,25,26)(H,32,33)(H2,17,18,19)(H4,21,27,28,29,30,31)/t6-,7-,9-,10+,11+,14+/m0/s1. The predicted octanol–water partition coefficient (Wildman–Crippen LogP) is -2.15. The van der Waals surface area contributed by atoms with Crippen LogP contribution in [0.25, 0.3) is 11.2 Å². The summed E-state index contributed by atoms with van der Waals surface area (Å²) in [6.07, 6.45) is -6.05. The van der Waals surface area contributed by atoms with Crippen molar-refractivity contribution in [1.29, 1.82) is 0 Å². The molecule has 1 aliphatic rings. The summed E-state index contributed by atoms with van der Waals surface area (Å²) in [7, 11) is -16.7. The van der Waals surface area contributed by atoms with E-state index in [1.165, 1.54) is 10.9 Å². The van der Waals surface area contributed by atoms with Crippen LogP contribution in [0.5, 0.6) is 0 Å². The van der Waals surface area contributed by atoms with Gasteiger partial charge in [0, 0.05) is 5.75 Å². The number of aliphatic carboxylic acids is 1. The number of imidazole rings is 1. The molecule has 8 atom stereocenters. The molecule has 1 fully saturated rings. The van der Waals surface area contributed by atoms with E-state index in [2.05, 4.69) is 19.3 Å². The molecular formula is C15H26N7O14P3S. The molecule has 0 aromatic carbocycles. The normalized spacial score (nSPS) is 26.3. The number of carboxylic acid groups (broad SMARTS) is 1. The van der Waals surface area contributed by atoms with Crippen LogP contribution in [0, 0.1) is 0 Å². The van der Waals surface area contributed by atoms with Crippen LogP contribution in [0.1, 0.15) is 12.6 Å². The number of carbonyl (C=O) groups is 1. The van der Waals surface area contributed by atoms with Gasteiger partial charge in [-0.05, 0) is 12.2 Å². The molecule has 0 spiro atoms. The molecule has 12 N–H and O–H groups in total. The van der Waals surface area contributed by atoms with Crippen molar-refractivity contribution in [3.63, 3.8) is 0 Å². The van der Waals surface area contributed by atoms with Gasteiger partial charge in [-0.3, -0.25) is 13.9 Å². The maximum Gasteiger partial charge on any atom is 0.480 e. The highest BCUT2D eigenvalue weighted by molar-refractivity contribution is 7.99. The first-order chi connectivity index (χ1) is 18.4. The second kappa shape index (κ2) is 12.7. The van der Waals surface area contributed by atoms with Crippen molar-refractivity contribution >= 4 is 58.0 Å². The molecule has 2 unspecified atom stereocenters. The zero-order valence-electron chi connectivity index (χ0n) is 19.9. The Morgan fingerprint density at radius 1 is 1.18 bits per heavy atom. The number of phosphoric acid groups is 1. The third-order valence-corrected chi connectivity index (χ3v) is 10.6. The first-order valence-corrected chi connectivity index (χ1v) is 16.7. The second-order valence-corrected chi connectivity index (χ2v) is 14.1. The van der Waals surface area contributed by atoms with Gasteiger partial charge < -0.3 is 51.1 Å². The van der Waals surface area contributed by atoms with Crippen LogP contribution in [0.4, 0.5) is 5.82 Å². The third kappa shape index (κ3) is 8.48. The molecule has 40 heavy (non-hydrogen) atoms. The minimum Gasteiger partial charge on any atom is -0.480 e. The largest absolute Gasteiger partial charge is 0.480 e. The average molecular weight is 653 g/mol. The Balaban J connectivity index is 1.84. The summed E-state index contributed by atoms with van der Waals surface area (Å²) in [5.41, 5.74) is 11.4. The van der Waals surface area contributed by atoms with E-state index in [0.29, 0.717) is 0 Å². The minimum atomic E-state index is -5.64. The highest BCUT2D eigenvalue weighted by Gasteiger charge is 2.50. The van der Waals surface area contributed by atoms with E-state index < -0.39 is 66.0 Å². The second-order valence-electron chi connectivity index (χ2n) is 8.22. The van der Waals surface area contributed by atoms with Gasteiger partial charge in [0.05, 0.1) is 6.33 Å². The maximum atomic E-state index is 12.6. The Morgan fingerprint density at radius 3 is 2.48 bits per heavy atom. The van der Waals surface area contributed by atoms with Crippen molar-refractivity contribution in [3.05, 3.63) is 12.7 Å². The van der Waals surface area contributed by atoms with E-state index >= 15 is 0 Å². The topological polar surface area (TPSA) is 345 Å².